The summed E-state index contributed by atoms with van der Waals surface area (Å²) in [6, 6.07) is 23.2. The van der Waals surface area contributed by atoms with E-state index >= 15 is 0 Å². The van der Waals surface area contributed by atoms with E-state index in [1.54, 1.807) is 30.1 Å². The van der Waals surface area contributed by atoms with Crippen LogP contribution in [-0.4, -0.2) is 35.6 Å². The number of nitrogens with one attached hydrogen (secondary N) is 1. The van der Waals surface area contributed by atoms with Gasteiger partial charge < -0.3 is 10.2 Å². The lowest BCUT2D eigenvalue weighted by atomic mass is 10.0. The van der Waals surface area contributed by atoms with E-state index in [0.717, 1.165) is 15.6 Å². The van der Waals surface area contributed by atoms with Crippen molar-refractivity contribution in [2.75, 3.05) is 12.8 Å². The number of halogens is 2. The molecule has 0 aliphatic carbocycles. The Labute approximate surface area is 206 Å². The molecule has 0 bridgehead atoms. The molecule has 2 amide bonds. The van der Waals surface area contributed by atoms with Gasteiger partial charge in [-0.2, -0.15) is 0 Å². The van der Waals surface area contributed by atoms with E-state index in [-0.39, 0.29) is 23.4 Å². The van der Waals surface area contributed by atoms with E-state index in [1.165, 1.54) is 17.8 Å². The van der Waals surface area contributed by atoms with Gasteiger partial charge in [-0.1, -0.05) is 76.6 Å². The predicted octanol–water partition coefficient (Wildman–Crippen LogP) is 5.21. The first-order valence-electron chi connectivity index (χ1n) is 10.6. The molecule has 0 saturated carbocycles. The maximum atomic E-state index is 13.9. The van der Waals surface area contributed by atoms with Gasteiger partial charge in [0.25, 0.3) is 0 Å². The molecule has 1 N–H and O–H groups in total. The minimum Gasteiger partial charge on any atom is -0.357 e. The van der Waals surface area contributed by atoms with Crippen molar-refractivity contribution in [2.24, 2.45) is 0 Å². The molecule has 0 saturated heterocycles. The number of benzene rings is 3. The molecule has 0 aliphatic rings. The zero-order valence-electron chi connectivity index (χ0n) is 18.3. The third-order valence-electron chi connectivity index (χ3n) is 5.22. The molecule has 0 aromatic heterocycles. The summed E-state index contributed by atoms with van der Waals surface area (Å²) in [6.45, 7) is 0.303. The van der Waals surface area contributed by atoms with Gasteiger partial charge in [0.15, 0.2) is 0 Å². The van der Waals surface area contributed by atoms with Gasteiger partial charge in [-0.3, -0.25) is 9.59 Å². The molecule has 172 valence electrons. The largest absolute Gasteiger partial charge is 0.357 e. The zero-order valence-corrected chi connectivity index (χ0v) is 20.7. The summed E-state index contributed by atoms with van der Waals surface area (Å²) in [4.78, 5) is 27.9. The van der Waals surface area contributed by atoms with E-state index in [2.05, 4.69) is 21.2 Å². The van der Waals surface area contributed by atoms with Gasteiger partial charge in [0, 0.05) is 30.2 Å². The van der Waals surface area contributed by atoms with Crippen molar-refractivity contribution >= 4 is 39.5 Å². The van der Waals surface area contributed by atoms with Crippen molar-refractivity contribution in [1.29, 1.82) is 0 Å². The van der Waals surface area contributed by atoms with Crippen LogP contribution in [0.1, 0.15) is 16.7 Å². The van der Waals surface area contributed by atoms with Gasteiger partial charge in [-0.25, -0.2) is 4.39 Å². The van der Waals surface area contributed by atoms with Crippen LogP contribution in [0.2, 0.25) is 0 Å². The number of carbonyl (C=O) groups excluding carboxylic acids is 2. The SMILES string of the molecule is CNC(=O)C(Cc1ccccc1)N(Cc1ccc(Br)cc1)C(=O)CSCc1ccccc1F. The van der Waals surface area contributed by atoms with Crippen LogP contribution in [0.3, 0.4) is 0 Å². The van der Waals surface area contributed by atoms with E-state index in [4.69, 9.17) is 0 Å². The summed E-state index contributed by atoms with van der Waals surface area (Å²) < 4.78 is 14.9. The van der Waals surface area contributed by atoms with Crippen molar-refractivity contribution in [3.63, 3.8) is 0 Å². The topological polar surface area (TPSA) is 49.4 Å². The second-order valence-electron chi connectivity index (χ2n) is 7.55. The fourth-order valence-electron chi connectivity index (χ4n) is 3.45. The molecule has 0 spiro atoms. The van der Waals surface area contributed by atoms with Crippen molar-refractivity contribution in [1.82, 2.24) is 10.2 Å². The monoisotopic (exact) mass is 528 g/mol. The Bertz CT molecular complexity index is 1060. The van der Waals surface area contributed by atoms with Gasteiger partial charge >= 0.3 is 0 Å². The number of rotatable bonds is 10. The lowest BCUT2D eigenvalue weighted by molar-refractivity contribution is -0.139. The quantitative estimate of drug-likeness (QED) is 0.393. The zero-order chi connectivity index (χ0) is 23.6. The van der Waals surface area contributed by atoms with Crippen LogP contribution in [0, 0.1) is 5.82 Å². The molecule has 0 radical (unpaired) electrons. The molecule has 3 aromatic rings. The Morgan fingerprint density at radius 2 is 1.64 bits per heavy atom. The Morgan fingerprint density at radius 3 is 2.30 bits per heavy atom. The molecular formula is C26H26BrFN2O2S. The lowest BCUT2D eigenvalue weighted by Gasteiger charge is -2.31. The van der Waals surface area contributed by atoms with Crippen molar-refractivity contribution < 1.29 is 14.0 Å². The van der Waals surface area contributed by atoms with E-state index in [0.29, 0.717) is 24.3 Å². The minimum atomic E-state index is -0.664. The van der Waals surface area contributed by atoms with Gasteiger partial charge in [-0.05, 0) is 34.9 Å². The molecule has 3 aromatic carbocycles. The van der Waals surface area contributed by atoms with Crippen LogP contribution in [0.15, 0.2) is 83.3 Å². The average Bonchev–Trinajstić information content (AvgIpc) is 2.83. The van der Waals surface area contributed by atoms with Crippen LogP contribution in [0.25, 0.3) is 0 Å². The highest BCUT2D eigenvalue weighted by Gasteiger charge is 2.29. The second-order valence-corrected chi connectivity index (χ2v) is 9.45. The van der Waals surface area contributed by atoms with Crippen LogP contribution >= 0.6 is 27.7 Å². The van der Waals surface area contributed by atoms with E-state index < -0.39 is 6.04 Å². The molecule has 7 heteroatoms. The van der Waals surface area contributed by atoms with Gasteiger partial charge in [-0.15, -0.1) is 11.8 Å². The van der Waals surface area contributed by atoms with Crippen molar-refractivity contribution in [3.05, 3.63) is 106 Å². The first-order chi connectivity index (χ1) is 16.0. The molecular weight excluding hydrogens is 503 g/mol. The first kappa shape index (κ1) is 25.0. The van der Waals surface area contributed by atoms with Crippen molar-refractivity contribution in [3.8, 4) is 0 Å². The summed E-state index contributed by atoms with van der Waals surface area (Å²) in [5, 5.41) is 2.71. The first-order valence-corrected chi connectivity index (χ1v) is 12.5. The van der Waals surface area contributed by atoms with Crippen molar-refractivity contribution in [2.45, 2.75) is 24.8 Å². The summed E-state index contributed by atoms with van der Waals surface area (Å²) in [6.07, 6.45) is 0.404. The molecule has 0 heterocycles. The number of nitrogens with zero attached hydrogens (tertiary/aromatic N) is 1. The number of likely N-dealkylation sites (N-methyl/N-ethyl adjacent to an activating group) is 1. The number of thioether (sulfide) groups is 1. The molecule has 0 aliphatic heterocycles. The third kappa shape index (κ3) is 7.44. The lowest BCUT2D eigenvalue weighted by Crippen LogP contribution is -2.50. The summed E-state index contributed by atoms with van der Waals surface area (Å²) in [5.41, 5.74) is 2.45. The van der Waals surface area contributed by atoms with Gasteiger partial charge in [0.05, 0.1) is 5.75 Å². The molecule has 3 rings (SSSR count). The maximum Gasteiger partial charge on any atom is 0.242 e. The highest BCUT2D eigenvalue weighted by Crippen LogP contribution is 2.20. The predicted molar refractivity (Wildman–Crippen MR) is 135 cm³/mol. The maximum absolute atomic E-state index is 13.9. The number of carbonyl (C=O) groups is 2. The fraction of sp³-hybridized carbons (Fsp3) is 0.231. The highest BCUT2D eigenvalue weighted by atomic mass is 79.9. The molecule has 4 nitrogen and oxygen atoms in total. The minimum absolute atomic E-state index is 0.146. The fourth-order valence-corrected chi connectivity index (χ4v) is 4.61. The Morgan fingerprint density at radius 1 is 0.970 bits per heavy atom. The summed E-state index contributed by atoms with van der Waals surface area (Å²) in [5.74, 6) is -0.134. The van der Waals surface area contributed by atoms with Crippen LogP contribution in [0.5, 0.6) is 0 Å². The number of hydrogen-bond donors (Lipinski definition) is 1. The number of hydrogen-bond acceptors (Lipinski definition) is 3. The standard InChI is InChI=1S/C26H26BrFN2O2S/c1-29-26(32)24(15-19-7-3-2-4-8-19)30(16-20-11-13-22(27)14-12-20)25(31)18-33-17-21-9-5-6-10-23(21)28/h2-14,24H,15-18H2,1H3,(H,29,32). The molecule has 0 fully saturated rings. The van der Waals surface area contributed by atoms with E-state index in [9.17, 15) is 14.0 Å². The van der Waals surface area contributed by atoms with Crippen LogP contribution < -0.4 is 5.32 Å². The average molecular weight is 529 g/mol. The second kappa shape index (κ2) is 12.6. The number of amides is 2. The molecule has 1 unspecified atom stereocenters. The molecule has 33 heavy (non-hydrogen) atoms. The molecule has 1 atom stereocenters. The van der Waals surface area contributed by atoms with Gasteiger partial charge in [0.2, 0.25) is 11.8 Å². The van der Waals surface area contributed by atoms with Crippen LogP contribution in [-0.2, 0) is 28.3 Å². The highest BCUT2D eigenvalue weighted by molar-refractivity contribution is 9.10. The smallest absolute Gasteiger partial charge is 0.242 e. The Hall–Kier alpha value is -2.64. The van der Waals surface area contributed by atoms with E-state index in [1.807, 2.05) is 54.6 Å². The normalized spacial score (nSPS) is 11.6. The Kier molecular flexibility index (Phi) is 9.51. The summed E-state index contributed by atoms with van der Waals surface area (Å²) >= 11 is 4.77. The Balaban J connectivity index is 1.80. The van der Waals surface area contributed by atoms with Crippen LogP contribution in [0.4, 0.5) is 4.39 Å². The third-order valence-corrected chi connectivity index (χ3v) is 6.72. The van der Waals surface area contributed by atoms with Gasteiger partial charge in [0.1, 0.15) is 11.9 Å². The summed E-state index contributed by atoms with van der Waals surface area (Å²) in [7, 11) is 1.58.